The third-order valence-electron chi connectivity index (χ3n) is 2.04. The Kier molecular flexibility index (Phi) is 6.16. The van der Waals surface area contributed by atoms with Crippen molar-refractivity contribution in [3.63, 3.8) is 0 Å². The Hall–Kier alpha value is -1.90. The van der Waals surface area contributed by atoms with E-state index >= 15 is 0 Å². The number of hydrogen-bond donors (Lipinski definition) is 2. The van der Waals surface area contributed by atoms with Gasteiger partial charge in [-0.3, -0.25) is 4.79 Å². The number of carbonyl (C=O) groups is 1. The fourth-order valence-corrected chi connectivity index (χ4v) is 1.23. The van der Waals surface area contributed by atoms with Gasteiger partial charge in [0, 0.05) is 13.1 Å². The first-order valence-corrected chi connectivity index (χ1v) is 5.91. The maximum atomic E-state index is 11.8. The van der Waals surface area contributed by atoms with Crippen LogP contribution < -0.4 is 10.6 Å². The number of nitrogens with one attached hydrogen (secondary N) is 2. The molecule has 0 atom stereocenters. The van der Waals surface area contributed by atoms with Crippen molar-refractivity contribution in [2.45, 2.75) is 13.1 Å². The van der Waals surface area contributed by atoms with Crippen LogP contribution >= 0.6 is 0 Å². The average Bonchev–Trinajstić information content (AvgIpc) is 2.38. The summed E-state index contributed by atoms with van der Waals surface area (Å²) in [5, 5.41) is 5.30. The summed E-state index contributed by atoms with van der Waals surface area (Å²) in [4.78, 5) is 19.4. The Morgan fingerprint density at radius 1 is 1.35 bits per heavy atom. The highest BCUT2D eigenvalue weighted by Gasteiger charge is 2.27. The molecule has 112 valence electrons. The van der Waals surface area contributed by atoms with E-state index in [0.29, 0.717) is 12.4 Å². The summed E-state index contributed by atoms with van der Waals surface area (Å²) in [7, 11) is 0. The van der Waals surface area contributed by atoms with Crippen molar-refractivity contribution in [2.24, 2.45) is 0 Å². The molecule has 0 aliphatic heterocycles. The molecule has 1 rings (SSSR count). The molecule has 1 heterocycles. The van der Waals surface area contributed by atoms with Crippen LogP contribution in [0.25, 0.3) is 0 Å². The lowest BCUT2D eigenvalue weighted by Crippen LogP contribution is -2.29. The fourth-order valence-electron chi connectivity index (χ4n) is 1.23. The number of carbonyl (C=O) groups excluding carboxylic acids is 1. The van der Waals surface area contributed by atoms with E-state index in [1.165, 1.54) is 12.4 Å². The minimum atomic E-state index is -4.36. The van der Waals surface area contributed by atoms with Gasteiger partial charge in [-0.25, -0.2) is 9.97 Å². The zero-order chi connectivity index (χ0) is 15.0. The summed E-state index contributed by atoms with van der Waals surface area (Å²) in [5.74, 6) is 0.0220. The Morgan fingerprint density at radius 2 is 2.10 bits per heavy atom. The number of anilines is 1. The molecule has 0 fully saturated rings. The van der Waals surface area contributed by atoms with Gasteiger partial charge in [0.1, 0.15) is 18.1 Å². The van der Waals surface area contributed by atoms with Crippen molar-refractivity contribution >= 4 is 11.7 Å². The summed E-state index contributed by atoms with van der Waals surface area (Å²) in [6.45, 7) is 0.972. The zero-order valence-electron chi connectivity index (χ0n) is 10.8. The normalized spacial score (nSPS) is 11.2. The second-order valence-electron chi connectivity index (χ2n) is 3.74. The Bertz CT molecular complexity index is 423. The summed E-state index contributed by atoms with van der Waals surface area (Å²) in [6, 6.07) is 0. The summed E-state index contributed by atoms with van der Waals surface area (Å²) in [6.07, 6.45) is -1.68. The van der Waals surface area contributed by atoms with Crippen LogP contribution in [0.3, 0.4) is 0 Å². The summed E-state index contributed by atoms with van der Waals surface area (Å²) in [5.41, 5.74) is 0.0856. The number of halogens is 3. The van der Waals surface area contributed by atoms with Gasteiger partial charge in [0.2, 0.25) is 0 Å². The lowest BCUT2D eigenvalue weighted by Gasteiger charge is -2.08. The molecule has 1 aromatic rings. The number of nitrogens with zero attached hydrogens (tertiary/aromatic N) is 2. The van der Waals surface area contributed by atoms with Crippen LogP contribution in [0.4, 0.5) is 19.0 Å². The molecule has 0 aliphatic rings. The van der Waals surface area contributed by atoms with E-state index in [1.54, 1.807) is 0 Å². The third kappa shape index (κ3) is 6.32. The molecule has 2 N–H and O–H groups in total. The van der Waals surface area contributed by atoms with Gasteiger partial charge in [0.05, 0.1) is 19.0 Å². The molecule has 9 heteroatoms. The molecular formula is C11H15F3N4O2. The van der Waals surface area contributed by atoms with Gasteiger partial charge in [-0.1, -0.05) is 0 Å². The van der Waals surface area contributed by atoms with Crippen molar-refractivity contribution in [2.75, 3.05) is 31.6 Å². The second-order valence-corrected chi connectivity index (χ2v) is 3.74. The van der Waals surface area contributed by atoms with Crippen molar-refractivity contribution in [3.05, 3.63) is 18.1 Å². The highest BCUT2D eigenvalue weighted by atomic mass is 19.4. The quantitative estimate of drug-likeness (QED) is 0.739. The Labute approximate surface area is 113 Å². The fraction of sp³-hybridized carbons (Fsp3) is 0.545. The van der Waals surface area contributed by atoms with E-state index in [1.807, 2.05) is 6.92 Å². The van der Waals surface area contributed by atoms with Crippen LogP contribution in [0.1, 0.15) is 17.4 Å². The molecule has 0 aromatic carbocycles. The van der Waals surface area contributed by atoms with Crippen LogP contribution in [0.2, 0.25) is 0 Å². The molecule has 6 nitrogen and oxygen atoms in total. The number of ether oxygens (including phenoxy) is 1. The standard InChI is InChI=1S/C11H15F3N4O2/c1-2-15-9-6-17-8(5-18-9)10(19)16-3-4-20-7-11(12,13)14/h5-6H,2-4,7H2,1H3,(H,15,18)(H,16,19). The summed E-state index contributed by atoms with van der Waals surface area (Å²) < 4.78 is 39.7. The first-order chi connectivity index (χ1) is 9.42. The lowest BCUT2D eigenvalue weighted by atomic mass is 10.4. The molecule has 0 radical (unpaired) electrons. The lowest BCUT2D eigenvalue weighted by molar-refractivity contribution is -0.173. The smallest absolute Gasteiger partial charge is 0.370 e. The maximum Gasteiger partial charge on any atom is 0.411 e. The van der Waals surface area contributed by atoms with Crippen LogP contribution in [-0.4, -0.2) is 48.4 Å². The minimum absolute atomic E-state index is 0.0362. The zero-order valence-corrected chi connectivity index (χ0v) is 10.8. The van der Waals surface area contributed by atoms with Gasteiger partial charge in [-0.2, -0.15) is 13.2 Å². The number of hydrogen-bond acceptors (Lipinski definition) is 5. The monoisotopic (exact) mass is 292 g/mol. The predicted octanol–water partition coefficient (Wildman–Crippen LogP) is 1.22. The van der Waals surface area contributed by atoms with E-state index in [4.69, 9.17) is 0 Å². The first-order valence-electron chi connectivity index (χ1n) is 5.91. The Morgan fingerprint density at radius 3 is 2.65 bits per heavy atom. The number of alkyl halides is 3. The molecule has 20 heavy (non-hydrogen) atoms. The molecule has 0 unspecified atom stereocenters. The molecule has 0 saturated heterocycles. The van der Waals surface area contributed by atoms with E-state index in [9.17, 15) is 18.0 Å². The largest absolute Gasteiger partial charge is 0.411 e. The van der Waals surface area contributed by atoms with Gasteiger partial charge in [-0.05, 0) is 6.92 Å². The second kappa shape index (κ2) is 7.63. The first kappa shape index (κ1) is 16.2. The van der Waals surface area contributed by atoms with Crippen molar-refractivity contribution < 1.29 is 22.7 Å². The molecular weight excluding hydrogens is 277 g/mol. The Balaban J connectivity index is 2.28. The van der Waals surface area contributed by atoms with Crippen LogP contribution in [0.15, 0.2) is 12.4 Å². The van der Waals surface area contributed by atoms with Gasteiger partial charge in [0.25, 0.3) is 5.91 Å². The third-order valence-corrected chi connectivity index (χ3v) is 2.04. The number of aromatic nitrogens is 2. The SMILES string of the molecule is CCNc1cnc(C(=O)NCCOCC(F)(F)F)cn1. The van der Waals surface area contributed by atoms with E-state index in [-0.39, 0.29) is 18.8 Å². The topological polar surface area (TPSA) is 76.1 Å². The summed E-state index contributed by atoms with van der Waals surface area (Å²) >= 11 is 0. The van der Waals surface area contributed by atoms with Gasteiger partial charge < -0.3 is 15.4 Å². The van der Waals surface area contributed by atoms with Gasteiger partial charge in [0.15, 0.2) is 0 Å². The molecule has 0 saturated carbocycles. The van der Waals surface area contributed by atoms with Crippen LogP contribution in [0.5, 0.6) is 0 Å². The van der Waals surface area contributed by atoms with Gasteiger partial charge in [-0.15, -0.1) is 0 Å². The molecule has 0 bridgehead atoms. The van der Waals surface area contributed by atoms with Crippen LogP contribution in [0, 0.1) is 0 Å². The maximum absolute atomic E-state index is 11.8. The van der Waals surface area contributed by atoms with Crippen molar-refractivity contribution in [1.29, 1.82) is 0 Å². The molecule has 1 amide bonds. The van der Waals surface area contributed by atoms with E-state index in [0.717, 1.165) is 0 Å². The minimum Gasteiger partial charge on any atom is -0.370 e. The predicted molar refractivity (Wildman–Crippen MR) is 65.4 cm³/mol. The molecule has 0 spiro atoms. The van der Waals surface area contributed by atoms with Crippen LogP contribution in [-0.2, 0) is 4.74 Å². The van der Waals surface area contributed by atoms with Crippen molar-refractivity contribution in [3.8, 4) is 0 Å². The number of amides is 1. The number of rotatable bonds is 7. The van der Waals surface area contributed by atoms with Crippen molar-refractivity contribution in [1.82, 2.24) is 15.3 Å². The van der Waals surface area contributed by atoms with E-state index < -0.39 is 18.7 Å². The molecule has 1 aromatic heterocycles. The molecule has 0 aliphatic carbocycles. The van der Waals surface area contributed by atoms with E-state index in [2.05, 4.69) is 25.3 Å². The van der Waals surface area contributed by atoms with Gasteiger partial charge >= 0.3 is 6.18 Å². The highest BCUT2D eigenvalue weighted by Crippen LogP contribution is 2.13. The average molecular weight is 292 g/mol. The highest BCUT2D eigenvalue weighted by molar-refractivity contribution is 5.91.